The number of benzene rings is 3. The number of nitrogens with one attached hydrogen (secondary N) is 4. The van der Waals surface area contributed by atoms with Crippen LogP contribution in [-0.4, -0.2) is 91.1 Å². The van der Waals surface area contributed by atoms with Gasteiger partial charge >= 0.3 is 12.2 Å². The summed E-state index contributed by atoms with van der Waals surface area (Å²) in [6, 6.07) is 11.0. The van der Waals surface area contributed by atoms with E-state index in [4.69, 9.17) is 14.7 Å². The molecule has 0 spiro atoms. The summed E-state index contributed by atoms with van der Waals surface area (Å²) in [5.74, 6) is -0.921. The first kappa shape index (κ1) is 46.3. The molecule has 3 fully saturated rings. The number of alkyl carbamates (subject to hydrolysis) is 1. The third kappa shape index (κ3) is 8.87. The molecule has 15 nitrogen and oxygen atoms in total. The van der Waals surface area contributed by atoms with Crippen LogP contribution in [-0.2, 0) is 19.7 Å². The van der Waals surface area contributed by atoms with Crippen LogP contribution in [0, 0.1) is 23.5 Å². The van der Waals surface area contributed by atoms with Crippen LogP contribution in [0.15, 0.2) is 48.5 Å². The van der Waals surface area contributed by atoms with Crippen molar-refractivity contribution >= 4 is 51.8 Å². The van der Waals surface area contributed by atoms with Gasteiger partial charge in [0, 0.05) is 36.0 Å². The molecule has 5 N–H and O–H groups in total. The van der Waals surface area contributed by atoms with E-state index in [9.17, 15) is 24.3 Å². The first-order chi connectivity index (χ1) is 31.3. The molecule has 4 amide bonds. The van der Waals surface area contributed by atoms with Gasteiger partial charge < -0.3 is 45.1 Å². The maximum absolute atomic E-state index is 16.7. The molecule has 6 atom stereocenters. The number of nitrogens with zero attached hydrogens (tertiary/aromatic N) is 5. The standard InChI is InChI=1S/C49H61F2N9O6/c1-25(2)41(56-47(63)64)45(61)58-19-9-11-39(58)43-52-33-21-29(31(50)23-35(33)54-43)37-17-18-38(60(37)28-15-13-27(14-16-28)49(5,6)7)30-22-34-36(24-32(30)51)55-44(53-34)40-12-10-20-59(40)46(62)42(26(3)4)57-48(65)66-8/h13-16,21-26,37-42,56H,9-12,17-20H2,1-8H3,(H,52,54)(H,53,55)(H,57,65)(H,63,64)/t37-,38+,39+,40+,41+,42+/m1/s1. The van der Waals surface area contributed by atoms with Gasteiger partial charge in [0.1, 0.15) is 35.4 Å². The zero-order valence-electron chi connectivity index (χ0n) is 38.9. The third-order valence-electron chi connectivity index (χ3n) is 13.7. The lowest BCUT2D eigenvalue weighted by atomic mass is 9.87. The van der Waals surface area contributed by atoms with E-state index in [-0.39, 0.29) is 29.1 Å². The number of hydrogen-bond acceptors (Lipinski definition) is 8. The van der Waals surface area contributed by atoms with E-state index in [1.807, 2.05) is 26.0 Å². The van der Waals surface area contributed by atoms with Crippen molar-refractivity contribution in [2.24, 2.45) is 11.8 Å². The van der Waals surface area contributed by atoms with Crippen molar-refractivity contribution in [3.8, 4) is 0 Å². The van der Waals surface area contributed by atoms with E-state index in [0.29, 0.717) is 90.0 Å². The van der Waals surface area contributed by atoms with Crippen LogP contribution in [0.3, 0.4) is 0 Å². The Morgan fingerprint density at radius 2 is 1.20 bits per heavy atom. The molecule has 5 heterocycles. The molecule has 3 aliphatic rings. The molecular formula is C49H61F2N9O6. The lowest BCUT2D eigenvalue weighted by Gasteiger charge is -2.34. The van der Waals surface area contributed by atoms with Crippen LogP contribution < -0.4 is 15.5 Å². The van der Waals surface area contributed by atoms with Gasteiger partial charge in [-0.3, -0.25) is 9.59 Å². The van der Waals surface area contributed by atoms with Gasteiger partial charge in [-0.2, -0.15) is 0 Å². The second kappa shape index (κ2) is 18.2. The zero-order chi connectivity index (χ0) is 47.4. The monoisotopic (exact) mass is 909 g/mol. The first-order valence-corrected chi connectivity index (χ1v) is 23.1. The van der Waals surface area contributed by atoms with E-state index in [0.717, 1.165) is 17.7 Å². The van der Waals surface area contributed by atoms with Crippen LogP contribution in [0.4, 0.5) is 24.1 Å². The number of aromatic amines is 2. The maximum atomic E-state index is 16.7. The van der Waals surface area contributed by atoms with Crippen LogP contribution in [0.25, 0.3) is 22.1 Å². The van der Waals surface area contributed by atoms with Gasteiger partial charge in [0.25, 0.3) is 0 Å². The second-order valence-electron chi connectivity index (χ2n) is 19.7. The summed E-state index contributed by atoms with van der Waals surface area (Å²) < 4.78 is 38.2. The van der Waals surface area contributed by atoms with Gasteiger partial charge in [0.2, 0.25) is 11.8 Å². The normalized spacial score (nSPS) is 21.1. The minimum atomic E-state index is -1.27. The molecule has 66 heavy (non-hydrogen) atoms. The average molecular weight is 910 g/mol. The summed E-state index contributed by atoms with van der Waals surface area (Å²) in [6.07, 6.45) is 1.73. The van der Waals surface area contributed by atoms with Gasteiger partial charge in [-0.25, -0.2) is 28.3 Å². The fraction of sp³-hybridized carbons (Fsp3) is 0.510. The summed E-state index contributed by atoms with van der Waals surface area (Å²) in [5, 5.41) is 14.5. The van der Waals surface area contributed by atoms with Crippen molar-refractivity contribution in [2.45, 2.75) is 129 Å². The number of fused-ring (bicyclic) bond motifs is 2. The summed E-state index contributed by atoms with van der Waals surface area (Å²) in [6.45, 7) is 14.6. The molecule has 0 saturated carbocycles. The smallest absolute Gasteiger partial charge is 0.407 e. The molecule has 3 aromatic carbocycles. The zero-order valence-corrected chi connectivity index (χ0v) is 38.9. The highest BCUT2D eigenvalue weighted by Gasteiger charge is 2.42. The van der Waals surface area contributed by atoms with Crippen molar-refractivity contribution in [1.82, 2.24) is 40.4 Å². The highest BCUT2D eigenvalue weighted by Crippen LogP contribution is 2.49. The number of hydrogen-bond donors (Lipinski definition) is 5. The summed E-state index contributed by atoms with van der Waals surface area (Å²) in [7, 11) is 1.25. The van der Waals surface area contributed by atoms with Crippen LogP contribution in [0.5, 0.6) is 0 Å². The maximum Gasteiger partial charge on any atom is 0.407 e. The number of rotatable bonds is 11. The lowest BCUT2D eigenvalue weighted by molar-refractivity contribution is -0.136. The number of imidazole rings is 2. The molecule has 17 heteroatoms. The number of H-pyrrole nitrogens is 2. The number of methoxy groups -OCH3 is 1. The van der Waals surface area contributed by atoms with Crippen molar-refractivity contribution < 1.29 is 37.8 Å². The van der Waals surface area contributed by atoms with Gasteiger partial charge in [-0.15, -0.1) is 0 Å². The number of carbonyl (C=O) groups excluding carboxylic acids is 3. The lowest BCUT2D eigenvalue weighted by Crippen LogP contribution is -2.51. The number of amides is 4. The number of aromatic nitrogens is 4. The van der Waals surface area contributed by atoms with E-state index >= 15 is 8.78 Å². The van der Waals surface area contributed by atoms with Crippen molar-refractivity contribution in [1.29, 1.82) is 0 Å². The predicted octanol–water partition coefficient (Wildman–Crippen LogP) is 9.10. The molecule has 0 radical (unpaired) electrons. The van der Waals surface area contributed by atoms with Gasteiger partial charge in [-0.05, 0) is 91.7 Å². The Bertz CT molecular complexity index is 2640. The van der Waals surface area contributed by atoms with Gasteiger partial charge in [-0.1, -0.05) is 60.6 Å². The highest BCUT2D eigenvalue weighted by molar-refractivity contribution is 5.87. The summed E-state index contributed by atoms with van der Waals surface area (Å²) >= 11 is 0. The molecule has 3 aliphatic heterocycles. The highest BCUT2D eigenvalue weighted by atomic mass is 19.1. The molecular weight excluding hydrogens is 849 g/mol. The van der Waals surface area contributed by atoms with Gasteiger partial charge in [0.05, 0.1) is 53.3 Å². The van der Waals surface area contributed by atoms with Crippen molar-refractivity contribution in [3.05, 3.63) is 88.5 Å². The second-order valence-corrected chi connectivity index (χ2v) is 19.7. The molecule has 8 rings (SSSR count). The van der Waals surface area contributed by atoms with Crippen molar-refractivity contribution in [3.63, 3.8) is 0 Å². The molecule has 352 valence electrons. The number of halogens is 2. The Kier molecular flexibility index (Phi) is 12.8. The number of carbonyl (C=O) groups is 4. The SMILES string of the molecule is COC(=O)N[C@H](C(=O)N1CCC[C@H]1c1nc2cc(F)c([C@@H]3CC[C@H](c4cc5nc([C@@H]6CCCN6C(=O)[C@@H](NC(=O)O)C(C)C)[nH]c5cc4F)N3c3ccc(C(C)(C)C)cc3)cc2[nH]1)C(C)C. The quantitative estimate of drug-likeness (QED) is 0.0861. The van der Waals surface area contributed by atoms with E-state index in [1.54, 1.807) is 35.8 Å². The molecule has 0 aliphatic carbocycles. The number of carboxylic acid groups (broad SMARTS) is 1. The fourth-order valence-electron chi connectivity index (χ4n) is 10.2. The minimum Gasteiger partial charge on any atom is -0.465 e. The van der Waals surface area contributed by atoms with Crippen LogP contribution >= 0.6 is 0 Å². The Balaban J connectivity index is 1.13. The molecule has 0 unspecified atom stereocenters. The molecule has 0 bridgehead atoms. The van der Waals surface area contributed by atoms with Crippen LogP contribution in [0.1, 0.15) is 139 Å². The Morgan fingerprint density at radius 1 is 0.712 bits per heavy atom. The molecule has 5 aromatic rings. The Morgan fingerprint density at radius 3 is 1.70 bits per heavy atom. The van der Waals surface area contributed by atoms with Crippen molar-refractivity contribution in [2.75, 3.05) is 25.1 Å². The Hall–Kier alpha value is -6.26. The topological polar surface area (TPSA) is 189 Å². The number of likely N-dealkylation sites (tertiary alicyclic amines) is 2. The van der Waals surface area contributed by atoms with E-state index in [2.05, 4.69) is 58.4 Å². The predicted molar refractivity (Wildman–Crippen MR) is 246 cm³/mol. The minimum absolute atomic E-state index is 0.123. The molecule has 2 aromatic heterocycles. The van der Waals surface area contributed by atoms with E-state index in [1.165, 1.54) is 19.2 Å². The fourth-order valence-corrected chi connectivity index (χ4v) is 10.2. The van der Waals surface area contributed by atoms with Gasteiger partial charge in [0.15, 0.2) is 0 Å². The molecule has 3 saturated heterocycles. The number of anilines is 1. The number of ether oxygens (including phenoxy) is 1. The van der Waals surface area contributed by atoms with Crippen LogP contribution in [0.2, 0.25) is 0 Å². The third-order valence-corrected chi connectivity index (χ3v) is 13.7. The first-order valence-electron chi connectivity index (χ1n) is 23.1. The summed E-state index contributed by atoms with van der Waals surface area (Å²) in [4.78, 5) is 73.2. The van der Waals surface area contributed by atoms with E-state index < -0.39 is 60.1 Å². The average Bonchev–Trinajstić information content (AvgIpc) is 4.12. The largest absolute Gasteiger partial charge is 0.465 e. The Labute approximate surface area is 383 Å². The summed E-state index contributed by atoms with van der Waals surface area (Å²) in [5.41, 5.74) is 4.65.